The van der Waals surface area contributed by atoms with Gasteiger partial charge in [0.1, 0.15) is 0 Å². The molecule has 0 saturated carbocycles. The highest BCUT2D eigenvalue weighted by Crippen LogP contribution is 2.20. The molecular weight excluding hydrogens is 226 g/mol. The van der Waals surface area contributed by atoms with Crippen molar-refractivity contribution in [3.63, 3.8) is 0 Å². The lowest BCUT2D eigenvalue weighted by molar-refractivity contribution is 0.0116. The molecule has 1 aromatic heterocycles. The molecule has 2 N–H and O–H groups in total. The minimum atomic E-state index is -0.129. The van der Waals surface area contributed by atoms with Gasteiger partial charge in [0.2, 0.25) is 0 Å². The van der Waals surface area contributed by atoms with Crippen molar-refractivity contribution in [2.75, 3.05) is 7.11 Å². The van der Waals surface area contributed by atoms with E-state index in [9.17, 15) is 0 Å². The van der Waals surface area contributed by atoms with E-state index in [4.69, 9.17) is 10.5 Å². The molecule has 1 heterocycles. The number of benzene rings is 1. The van der Waals surface area contributed by atoms with E-state index in [-0.39, 0.29) is 5.60 Å². The first-order chi connectivity index (χ1) is 8.57. The third kappa shape index (κ3) is 2.54. The maximum atomic E-state index is 5.74. The van der Waals surface area contributed by atoms with Crippen LogP contribution in [0, 0.1) is 0 Å². The molecule has 0 aliphatic rings. The predicted octanol–water partition coefficient (Wildman–Crippen LogP) is 2.31. The zero-order chi connectivity index (χ0) is 13.2. The van der Waals surface area contributed by atoms with Crippen LogP contribution in [0.2, 0.25) is 0 Å². The molecule has 4 heteroatoms. The van der Waals surface area contributed by atoms with Crippen LogP contribution in [0.25, 0.3) is 10.9 Å². The van der Waals surface area contributed by atoms with E-state index < -0.39 is 0 Å². The van der Waals surface area contributed by atoms with Crippen molar-refractivity contribution in [1.82, 2.24) is 9.78 Å². The van der Waals surface area contributed by atoms with Crippen LogP contribution < -0.4 is 5.73 Å². The van der Waals surface area contributed by atoms with Gasteiger partial charge in [-0.25, -0.2) is 0 Å². The quantitative estimate of drug-likeness (QED) is 0.882. The van der Waals surface area contributed by atoms with Crippen LogP contribution in [0.4, 0.5) is 0 Å². The van der Waals surface area contributed by atoms with Gasteiger partial charge < -0.3 is 10.5 Å². The van der Waals surface area contributed by atoms with Crippen LogP contribution in [-0.4, -0.2) is 22.5 Å². The summed E-state index contributed by atoms with van der Waals surface area (Å²) in [6.45, 7) is 5.48. The van der Waals surface area contributed by atoms with Crippen LogP contribution in [-0.2, 0) is 17.8 Å². The van der Waals surface area contributed by atoms with Crippen LogP contribution >= 0.6 is 0 Å². The third-order valence-electron chi connectivity index (χ3n) is 3.41. The van der Waals surface area contributed by atoms with E-state index in [1.165, 1.54) is 0 Å². The summed E-state index contributed by atoms with van der Waals surface area (Å²) in [6, 6.07) is 8.21. The minimum absolute atomic E-state index is 0.129. The molecule has 18 heavy (non-hydrogen) atoms. The molecule has 0 amide bonds. The Bertz CT molecular complexity index is 531. The number of nitrogens with zero attached hydrogens (tertiary/aromatic N) is 2. The Kier molecular flexibility index (Phi) is 3.68. The lowest BCUT2D eigenvalue weighted by atomic mass is 10.1. The van der Waals surface area contributed by atoms with Crippen molar-refractivity contribution in [2.24, 2.45) is 5.73 Å². The fraction of sp³-hybridized carbons (Fsp3) is 0.500. The maximum absolute atomic E-state index is 5.74. The summed E-state index contributed by atoms with van der Waals surface area (Å²) in [4.78, 5) is 0. The Morgan fingerprint density at radius 2 is 2.06 bits per heavy atom. The van der Waals surface area contributed by atoms with Gasteiger partial charge in [0.25, 0.3) is 0 Å². The molecule has 0 unspecified atom stereocenters. The number of para-hydroxylation sites is 1. The zero-order valence-electron chi connectivity index (χ0n) is 11.3. The number of aromatic nitrogens is 2. The Balaban J connectivity index is 2.28. The summed E-state index contributed by atoms with van der Waals surface area (Å²) < 4.78 is 7.46. The number of fused-ring (bicyclic) bond motifs is 1. The molecule has 4 nitrogen and oxygen atoms in total. The molecule has 98 valence electrons. The predicted molar refractivity (Wildman–Crippen MR) is 73.3 cm³/mol. The van der Waals surface area contributed by atoms with Crippen molar-refractivity contribution in [2.45, 2.75) is 39.0 Å². The highest BCUT2D eigenvalue weighted by atomic mass is 16.5. The number of hydrogen-bond acceptors (Lipinski definition) is 3. The van der Waals surface area contributed by atoms with Gasteiger partial charge in [0.15, 0.2) is 0 Å². The van der Waals surface area contributed by atoms with Gasteiger partial charge in [-0.2, -0.15) is 5.10 Å². The fourth-order valence-corrected chi connectivity index (χ4v) is 1.99. The first-order valence-corrected chi connectivity index (χ1v) is 6.27. The van der Waals surface area contributed by atoms with Crippen LogP contribution in [0.1, 0.15) is 26.0 Å². The number of nitrogens with two attached hydrogens (primary N) is 1. The van der Waals surface area contributed by atoms with E-state index in [1.807, 2.05) is 16.8 Å². The Hall–Kier alpha value is -1.39. The fourth-order valence-electron chi connectivity index (χ4n) is 1.99. The second-order valence-corrected chi connectivity index (χ2v) is 5.10. The normalized spacial score (nSPS) is 12.2. The van der Waals surface area contributed by atoms with Crippen LogP contribution in [0.15, 0.2) is 24.3 Å². The summed E-state index contributed by atoms with van der Waals surface area (Å²) in [7, 11) is 1.74. The molecule has 0 atom stereocenters. The molecule has 0 spiro atoms. The van der Waals surface area contributed by atoms with E-state index in [1.54, 1.807) is 7.11 Å². The summed E-state index contributed by atoms with van der Waals surface area (Å²) in [5, 5.41) is 5.73. The van der Waals surface area contributed by atoms with E-state index >= 15 is 0 Å². The lowest BCUT2D eigenvalue weighted by Gasteiger charge is -2.22. The van der Waals surface area contributed by atoms with Gasteiger partial charge >= 0.3 is 0 Å². The first kappa shape index (κ1) is 13.1. The summed E-state index contributed by atoms with van der Waals surface area (Å²) in [6.07, 6.45) is 0.916. The van der Waals surface area contributed by atoms with E-state index in [2.05, 4.69) is 31.1 Å². The summed E-state index contributed by atoms with van der Waals surface area (Å²) in [5.41, 5.74) is 7.71. The first-order valence-electron chi connectivity index (χ1n) is 6.27. The van der Waals surface area contributed by atoms with E-state index in [0.29, 0.717) is 6.54 Å². The van der Waals surface area contributed by atoms with Gasteiger partial charge in [-0.1, -0.05) is 18.2 Å². The SMILES string of the molecule is COC(C)(C)CCn1nc(CN)c2ccccc21. The van der Waals surface area contributed by atoms with Crippen LogP contribution in [0.3, 0.4) is 0 Å². The lowest BCUT2D eigenvalue weighted by Crippen LogP contribution is -2.24. The number of rotatable bonds is 5. The number of aryl methyl sites for hydroxylation is 1. The molecule has 0 bridgehead atoms. The van der Waals surface area contributed by atoms with Gasteiger partial charge in [-0.15, -0.1) is 0 Å². The molecule has 1 aromatic carbocycles. The molecule has 0 saturated heterocycles. The monoisotopic (exact) mass is 247 g/mol. The number of ether oxygens (including phenoxy) is 1. The number of hydrogen-bond donors (Lipinski definition) is 1. The highest BCUT2D eigenvalue weighted by Gasteiger charge is 2.17. The topological polar surface area (TPSA) is 53.1 Å². The smallest absolute Gasteiger partial charge is 0.0838 e. The largest absolute Gasteiger partial charge is 0.379 e. The minimum Gasteiger partial charge on any atom is -0.379 e. The summed E-state index contributed by atoms with van der Waals surface area (Å²) >= 11 is 0. The van der Waals surface area contributed by atoms with Gasteiger partial charge in [0, 0.05) is 25.6 Å². The highest BCUT2D eigenvalue weighted by molar-refractivity contribution is 5.81. The Morgan fingerprint density at radius 1 is 1.33 bits per heavy atom. The average molecular weight is 247 g/mol. The summed E-state index contributed by atoms with van der Waals surface area (Å²) in [5.74, 6) is 0. The van der Waals surface area contributed by atoms with Crippen molar-refractivity contribution >= 4 is 10.9 Å². The van der Waals surface area contributed by atoms with Gasteiger partial charge in [0.05, 0.1) is 16.8 Å². The van der Waals surface area contributed by atoms with Crippen molar-refractivity contribution in [3.05, 3.63) is 30.0 Å². The molecule has 0 aliphatic heterocycles. The standard InChI is InChI=1S/C14H21N3O/c1-14(2,18-3)8-9-17-13-7-5-4-6-11(13)12(10-15)16-17/h4-7H,8-10,15H2,1-3H3. The molecular formula is C14H21N3O. The molecule has 2 aromatic rings. The molecule has 0 aliphatic carbocycles. The Morgan fingerprint density at radius 3 is 2.72 bits per heavy atom. The van der Waals surface area contributed by atoms with Gasteiger partial charge in [-0.05, 0) is 26.3 Å². The third-order valence-corrected chi connectivity index (χ3v) is 3.41. The average Bonchev–Trinajstić information content (AvgIpc) is 2.75. The second-order valence-electron chi connectivity index (χ2n) is 5.10. The van der Waals surface area contributed by atoms with Gasteiger partial charge in [-0.3, -0.25) is 4.68 Å². The van der Waals surface area contributed by atoms with E-state index in [0.717, 1.165) is 29.6 Å². The molecule has 2 rings (SSSR count). The van der Waals surface area contributed by atoms with Crippen molar-refractivity contribution < 1.29 is 4.74 Å². The van der Waals surface area contributed by atoms with Crippen LogP contribution in [0.5, 0.6) is 0 Å². The maximum Gasteiger partial charge on any atom is 0.0838 e. The molecule has 0 fully saturated rings. The van der Waals surface area contributed by atoms with Crippen molar-refractivity contribution in [1.29, 1.82) is 0 Å². The second kappa shape index (κ2) is 5.08. The number of methoxy groups -OCH3 is 1. The Labute approximate surface area is 108 Å². The molecule has 0 radical (unpaired) electrons. The van der Waals surface area contributed by atoms with Crippen molar-refractivity contribution in [3.8, 4) is 0 Å². The zero-order valence-corrected chi connectivity index (χ0v) is 11.3.